The normalized spacial score (nSPS) is 19.3. The first-order valence-corrected chi connectivity index (χ1v) is 9.24. The molecular formula is C22H25NO4. The van der Waals surface area contributed by atoms with E-state index in [0.29, 0.717) is 12.5 Å². The van der Waals surface area contributed by atoms with E-state index in [1.807, 2.05) is 54.6 Å². The number of carboxylic acids is 1. The molecule has 1 heterocycles. The molecule has 5 nitrogen and oxygen atoms in total. The Hall–Kier alpha value is -2.82. The number of ether oxygens (including phenoxy) is 1. The summed E-state index contributed by atoms with van der Waals surface area (Å²) in [6.45, 7) is 4.94. The molecule has 1 aliphatic heterocycles. The summed E-state index contributed by atoms with van der Waals surface area (Å²) in [6, 6.07) is 17.5. The smallest absolute Gasteiger partial charge is 0.410 e. The first-order valence-electron chi connectivity index (χ1n) is 9.24. The van der Waals surface area contributed by atoms with E-state index < -0.39 is 18.0 Å². The quantitative estimate of drug-likeness (QED) is 0.858. The number of aliphatic carboxylic acids is 1. The molecular weight excluding hydrogens is 342 g/mol. The Morgan fingerprint density at radius 1 is 1.07 bits per heavy atom. The van der Waals surface area contributed by atoms with Gasteiger partial charge in [0.2, 0.25) is 0 Å². The molecule has 2 atom stereocenters. The van der Waals surface area contributed by atoms with Crippen LogP contribution in [-0.2, 0) is 16.1 Å². The molecule has 0 spiro atoms. The van der Waals surface area contributed by atoms with E-state index in [2.05, 4.69) is 13.8 Å². The van der Waals surface area contributed by atoms with Crippen LogP contribution in [0.25, 0.3) is 0 Å². The average Bonchev–Trinajstić information content (AvgIpc) is 3.13. The molecule has 0 aromatic heterocycles. The number of carbonyl (C=O) groups excluding carboxylic acids is 1. The van der Waals surface area contributed by atoms with Crippen molar-refractivity contribution in [2.24, 2.45) is 5.92 Å². The van der Waals surface area contributed by atoms with Crippen LogP contribution in [0.3, 0.4) is 0 Å². The molecule has 1 amide bonds. The zero-order valence-electron chi connectivity index (χ0n) is 15.7. The molecule has 0 radical (unpaired) electrons. The lowest BCUT2D eigenvalue weighted by Crippen LogP contribution is -2.30. The number of hydrogen-bond donors (Lipinski definition) is 1. The van der Waals surface area contributed by atoms with E-state index in [1.54, 1.807) is 0 Å². The van der Waals surface area contributed by atoms with Gasteiger partial charge in [-0.25, -0.2) is 4.79 Å². The monoisotopic (exact) mass is 367 g/mol. The predicted molar refractivity (Wildman–Crippen MR) is 103 cm³/mol. The predicted octanol–water partition coefficient (Wildman–Crippen LogP) is 4.25. The summed E-state index contributed by atoms with van der Waals surface area (Å²) in [7, 11) is 0. The van der Waals surface area contributed by atoms with Gasteiger partial charge in [-0.1, -0.05) is 68.4 Å². The van der Waals surface area contributed by atoms with Crippen molar-refractivity contribution in [3.63, 3.8) is 0 Å². The Kier molecular flexibility index (Phi) is 5.79. The van der Waals surface area contributed by atoms with Crippen LogP contribution in [0, 0.1) is 5.92 Å². The van der Waals surface area contributed by atoms with Crippen molar-refractivity contribution in [3.8, 4) is 0 Å². The van der Waals surface area contributed by atoms with E-state index >= 15 is 0 Å². The molecule has 3 rings (SSSR count). The standard InChI is InChI=1S/C22H25NO4/c1-15(2)17-8-10-18(11-9-17)19-12-23(13-20(19)21(24)25)22(26)27-14-16-6-4-3-5-7-16/h3-11,15,19-20H,12-14H2,1-2H3,(H,24,25). The van der Waals surface area contributed by atoms with Gasteiger partial charge in [-0.2, -0.15) is 0 Å². The highest BCUT2D eigenvalue weighted by atomic mass is 16.6. The fourth-order valence-corrected chi connectivity index (χ4v) is 3.48. The highest BCUT2D eigenvalue weighted by Crippen LogP contribution is 2.34. The van der Waals surface area contributed by atoms with Gasteiger partial charge in [-0.15, -0.1) is 0 Å². The topological polar surface area (TPSA) is 66.8 Å². The Balaban J connectivity index is 1.68. The van der Waals surface area contributed by atoms with Gasteiger partial charge in [0.05, 0.1) is 5.92 Å². The van der Waals surface area contributed by atoms with Crippen molar-refractivity contribution < 1.29 is 19.4 Å². The SMILES string of the molecule is CC(C)c1ccc(C2CN(C(=O)OCc3ccccc3)CC2C(=O)O)cc1. The zero-order valence-corrected chi connectivity index (χ0v) is 15.7. The van der Waals surface area contributed by atoms with Gasteiger partial charge in [-0.3, -0.25) is 4.79 Å². The molecule has 5 heteroatoms. The maximum Gasteiger partial charge on any atom is 0.410 e. The number of benzene rings is 2. The van der Waals surface area contributed by atoms with Gasteiger partial charge in [0.15, 0.2) is 0 Å². The van der Waals surface area contributed by atoms with E-state index in [1.165, 1.54) is 10.5 Å². The van der Waals surface area contributed by atoms with Crippen molar-refractivity contribution in [2.75, 3.05) is 13.1 Å². The lowest BCUT2D eigenvalue weighted by Gasteiger charge is -2.17. The van der Waals surface area contributed by atoms with Crippen molar-refractivity contribution in [1.82, 2.24) is 4.90 Å². The summed E-state index contributed by atoms with van der Waals surface area (Å²) in [4.78, 5) is 25.6. The van der Waals surface area contributed by atoms with Crippen LogP contribution in [0.15, 0.2) is 54.6 Å². The summed E-state index contributed by atoms with van der Waals surface area (Å²) in [5.41, 5.74) is 3.06. The first kappa shape index (κ1) is 19.0. The first-order chi connectivity index (χ1) is 13.0. The third-order valence-electron chi connectivity index (χ3n) is 5.13. The van der Waals surface area contributed by atoms with Gasteiger partial charge in [0.1, 0.15) is 6.61 Å². The average molecular weight is 367 g/mol. The van der Waals surface area contributed by atoms with Crippen LogP contribution >= 0.6 is 0 Å². The number of carboxylic acid groups (broad SMARTS) is 1. The molecule has 1 fully saturated rings. The van der Waals surface area contributed by atoms with E-state index in [0.717, 1.165) is 11.1 Å². The number of hydrogen-bond acceptors (Lipinski definition) is 3. The van der Waals surface area contributed by atoms with E-state index in [4.69, 9.17) is 4.74 Å². The summed E-state index contributed by atoms with van der Waals surface area (Å²) in [5, 5.41) is 9.62. The second-order valence-electron chi connectivity index (χ2n) is 7.32. The van der Waals surface area contributed by atoms with Crippen molar-refractivity contribution in [2.45, 2.75) is 32.3 Å². The molecule has 2 aromatic rings. The second-order valence-corrected chi connectivity index (χ2v) is 7.32. The maximum absolute atomic E-state index is 12.4. The molecule has 27 heavy (non-hydrogen) atoms. The molecule has 0 aliphatic carbocycles. The Morgan fingerprint density at radius 2 is 1.74 bits per heavy atom. The van der Waals surface area contributed by atoms with Gasteiger partial charge in [0.25, 0.3) is 0 Å². The van der Waals surface area contributed by atoms with Crippen LogP contribution in [0.5, 0.6) is 0 Å². The summed E-state index contributed by atoms with van der Waals surface area (Å²) in [6.07, 6.45) is -0.466. The van der Waals surface area contributed by atoms with Crippen LogP contribution in [0.1, 0.15) is 42.4 Å². The van der Waals surface area contributed by atoms with Gasteiger partial charge in [-0.05, 0) is 22.6 Å². The molecule has 0 saturated carbocycles. The minimum atomic E-state index is -0.883. The van der Waals surface area contributed by atoms with Crippen molar-refractivity contribution >= 4 is 12.1 Å². The fourth-order valence-electron chi connectivity index (χ4n) is 3.48. The van der Waals surface area contributed by atoms with Crippen molar-refractivity contribution in [3.05, 3.63) is 71.3 Å². The van der Waals surface area contributed by atoms with Gasteiger partial charge in [0, 0.05) is 19.0 Å². The number of nitrogens with zero attached hydrogens (tertiary/aromatic N) is 1. The van der Waals surface area contributed by atoms with E-state index in [9.17, 15) is 14.7 Å². The molecule has 0 bridgehead atoms. The minimum absolute atomic E-state index is 0.166. The summed E-state index contributed by atoms with van der Waals surface area (Å²) < 4.78 is 5.37. The molecule has 142 valence electrons. The number of likely N-dealkylation sites (tertiary alicyclic amines) is 1. The summed E-state index contributed by atoms with van der Waals surface area (Å²) >= 11 is 0. The largest absolute Gasteiger partial charge is 0.481 e. The second kappa shape index (κ2) is 8.25. The van der Waals surface area contributed by atoms with E-state index in [-0.39, 0.29) is 19.1 Å². The third-order valence-corrected chi connectivity index (χ3v) is 5.13. The van der Waals surface area contributed by atoms with Gasteiger partial charge < -0.3 is 14.7 Å². The number of rotatable bonds is 5. The Morgan fingerprint density at radius 3 is 2.33 bits per heavy atom. The number of carbonyl (C=O) groups is 2. The lowest BCUT2D eigenvalue weighted by molar-refractivity contribution is -0.141. The molecule has 1 aliphatic rings. The fraction of sp³-hybridized carbons (Fsp3) is 0.364. The molecule has 2 unspecified atom stereocenters. The maximum atomic E-state index is 12.4. The third kappa shape index (κ3) is 4.48. The Labute approximate surface area is 159 Å². The summed E-state index contributed by atoms with van der Waals surface area (Å²) in [5.74, 6) is -1.32. The highest BCUT2D eigenvalue weighted by Gasteiger charge is 2.41. The van der Waals surface area contributed by atoms with Crippen LogP contribution in [0.4, 0.5) is 4.79 Å². The highest BCUT2D eigenvalue weighted by molar-refractivity contribution is 5.75. The lowest BCUT2D eigenvalue weighted by atomic mass is 9.88. The van der Waals surface area contributed by atoms with Crippen LogP contribution in [-0.4, -0.2) is 35.2 Å². The van der Waals surface area contributed by atoms with Crippen LogP contribution in [0.2, 0.25) is 0 Å². The van der Waals surface area contributed by atoms with Crippen molar-refractivity contribution in [1.29, 1.82) is 0 Å². The Bertz CT molecular complexity index is 786. The number of amides is 1. The zero-order chi connectivity index (χ0) is 19.4. The molecule has 1 saturated heterocycles. The molecule has 2 aromatic carbocycles. The van der Waals surface area contributed by atoms with Gasteiger partial charge >= 0.3 is 12.1 Å². The molecule has 1 N–H and O–H groups in total. The van der Waals surface area contributed by atoms with Crippen LogP contribution < -0.4 is 0 Å². The minimum Gasteiger partial charge on any atom is -0.481 e.